The van der Waals surface area contributed by atoms with Crippen molar-refractivity contribution in [3.05, 3.63) is 34.9 Å². The van der Waals surface area contributed by atoms with Gasteiger partial charge in [-0.2, -0.15) is 0 Å². The summed E-state index contributed by atoms with van der Waals surface area (Å²) in [7, 11) is 0. The van der Waals surface area contributed by atoms with Crippen molar-refractivity contribution in [3.8, 4) is 0 Å². The topological polar surface area (TPSA) is 29.1 Å². The first-order valence-corrected chi connectivity index (χ1v) is 6.66. The summed E-state index contributed by atoms with van der Waals surface area (Å²) in [6.07, 6.45) is 4.07. The molecule has 0 heterocycles. The van der Waals surface area contributed by atoms with Crippen LogP contribution in [0.25, 0.3) is 0 Å². The van der Waals surface area contributed by atoms with E-state index in [-0.39, 0.29) is 17.3 Å². The van der Waals surface area contributed by atoms with Crippen molar-refractivity contribution in [3.63, 3.8) is 0 Å². The van der Waals surface area contributed by atoms with Gasteiger partial charge in [0.2, 0.25) is 5.91 Å². The summed E-state index contributed by atoms with van der Waals surface area (Å²) in [4.78, 5) is 11.4. The average Bonchev–Trinajstić information content (AvgIpc) is 2.29. The van der Waals surface area contributed by atoms with Crippen molar-refractivity contribution in [2.75, 3.05) is 5.88 Å². The summed E-state index contributed by atoms with van der Waals surface area (Å²) in [6, 6.07) is 7.78. The molecular weight excluding hydrogens is 257 g/mol. The Morgan fingerprint density at radius 3 is 2.41 bits per heavy atom. The molecule has 0 radical (unpaired) electrons. The second-order valence-corrected chi connectivity index (χ2v) is 5.32. The number of halogens is 2. The van der Waals surface area contributed by atoms with Gasteiger partial charge in [0.05, 0.1) is 0 Å². The normalized spacial score (nSPS) is 17.3. The smallest absolute Gasteiger partial charge is 0.235 e. The fourth-order valence-electron chi connectivity index (χ4n) is 2.27. The van der Waals surface area contributed by atoms with Gasteiger partial charge in [0, 0.05) is 10.6 Å². The minimum absolute atomic E-state index is 0.0301. The lowest BCUT2D eigenvalue weighted by Gasteiger charge is -2.42. The van der Waals surface area contributed by atoms with Crippen LogP contribution in [0.15, 0.2) is 24.3 Å². The van der Waals surface area contributed by atoms with E-state index >= 15 is 0 Å². The van der Waals surface area contributed by atoms with Gasteiger partial charge >= 0.3 is 0 Å². The molecule has 1 aliphatic rings. The van der Waals surface area contributed by atoms with Crippen molar-refractivity contribution in [2.24, 2.45) is 0 Å². The summed E-state index contributed by atoms with van der Waals surface area (Å²) in [5.74, 6) is -0.0529. The first-order valence-electron chi connectivity index (χ1n) is 5.75. The second kappa shape index (κ2) is 5.28. The van der Waals surface area contributed by atoms with Crippen molar-refractivity contribution in [2.45, 2.75) is 31.2 Å². The molecule has 1 aliphatic carbocycles. The first kappa shape index (κ1) is 12.7. The van der Waals surface area contributed by atoms with Gasteiger partial charge < -0.3 is 5.32 Å². The highest BCUT2D eigenvalue weighted by Gasteiger charge is 2.38. The molecule has 1 N–H and O–H groups in total. The van der Waals surface area contributed by atoms with E-state index in [9.17, 15) is 4.79 Å². The van der Waals surface area contributed by atoms with Gasteiger partial charge in [-0.25, -0.2) is 0 Å². The zero-order valence-corrected chi connectivity index (χ0v) is 11.0. The maximum atomic E-state index is 11.4. The van der Waals surface area contributed by atoms with Crippen LogP contribution in [0.3, 0.4) is 0 Å². The number of carbonyl (C=O) groups is 1. The third-order valence-electron chi connectivity index (χ3n) is 3.29. The molecule has 0 bridgehead atoms. The summed E-state index contributed by atoms with van der Waals surface area (Å²) in [6.45, 7) is 0. The minimum Gasteiger partial charge on any atom is -0.349 e. The Kier molecular flexibility index (Phi) is 3.95. The van der Waals surface area contributed by atoms with Gasteiger partial charge in [-0.1, -0.05) is 23.7 Å². The van der Waals surface area contributed by atoms with E-state index in [1.807, 2.05) is 24.3 Å². The fourth-order valence-corrected chi connectivity index (χ4v) is 2.46. The lowest BCUT2D eigenvalue weighted by Crippen LogP contribution is -2.55. The first-order chi connectivity index (χ1) is 8.13. The summed E-state index contributed by atoms with van der Waals surface area (Å²) < 4.78 is 0. The largest absolute Gasteiger partial charge is 0.349 e. The molecule has 0 spiro atoms. The molecule has 0 unspecified atom stereocenters. The molecule has 2 rings (SSSR count). The van der Waals surface area contributed by atoms with E-state index < -0.39 is 0 Å². The van der Waals surface area contributed by atoms with E-state index in [1.54, 1.807) is 0 Å². The molecule has 0 atom stereocenters. The lowest BCUT2D eigenvalue weighted by molar-refractivity contribution is -0.121. The SMILES string of the molecule is O=C(CCl)NC1(Cc2ccc(Cl)cc2)CCC1. The Bertz CT molecular complexity index is 398. The monoisotopic (exact) mass is 271 g/mol. The number of hydrogen-bond acceptors (Lipinski definition) is 1. The number of hydrogen-bond donors (Lipinski definition) is 1. The number of benzene rings is 1. The van der Waals surface area contributed by atoms with Gasteiger partial charge in [0.15, 0.2) is 0 Å². The van der Waals surface area contributed by atoms with Crippen molar-refractivity contribution < 1.29 is 4.79 Å². The fraction of sp³-hybridized carbons (Fsp3) is 0.462. The average molecular weight is 272 g/mol. The third kappa shape index (κ3) is 3.14. The number of rotatable bonds is 4. The van der Waals surface area contributed by atoms with E-state index in [0.717, 1.165) is 30.7 Å². The predicted molar refractivity (Wildman–Crippen MR) is 70.6 cm³/mol. The number of amides is 1. The Balaban J connectivity index is 2.04. The minimum atomic E-state index is -0.0835. The zero-order valence-electron chi connectivity index (χ0n) is 9.51. The quantitative estimate of drug-likeness (QED) is 0.838. The van der Waals surface area contributed by atoms with Crippen LogP contribution in [0.4, 0.5) is 0 Å². The molecule has 0 saturated heterocycles. The zero-order chi connectivity index (χ0) is 12.3. The van der Waals surface area contributed by atoms with Gasteiger partial charge in [0.25, 0.3) is 0 Å². The van der Waals surface area contributed by atoms with Gasteiger partial charge in [-0.05, 0) is 43.4 Å². The van der Waals surface area contributed by atoms with Crippen molar-refractivity contribution in [1.82, 2.24) is 5.32 Å². The van der Waals surface area contributed by atoms with Crippen LogP contribution >= 0.6 is 23.2 Å². The summed E-state index contributed by atoms with van der Waals surface area (Å²) in [5.41, 5.74) is 1.11. The molecule has 4 heteroatoms. The standard InChI is InChI=1S/C13H15Cl2NO/c14-9-12(17)16-13(6-1-7-13)8-10-2-4-11(15)5-3-10/h2-5H,1,6-9H2,(H,16,17). The van der Waals surface area contributed by atoms with Crippen LogP contribution in [0.1, 0.15) is 24.8 Å². The molecule has 1 saturated carbocycles. The Hall–Kier alpha value is -0.730. The molecule has 1 fully saturated rings. The second-order valence-electron chi connectivity index (χ2n) is 4.62. The number of carbonyl (C=O) groups excluding carboxylic acids is 1. The van der Waals surface area contributed by atoms with Crippen LogP contribution in [0, 0.1) is 0 Å². The van der Waals surface area contributed by atoms with Gasteiger partial charge in [-0.3, -0.25) is 4.79 Å². The molecule has 1 aromatic carbocycles. The molecule has 2 nitrogen and oxygen atoms in total. The Labute approximate surface area is 111 Å². The molecule has 92 valence electrons. The maximum Gasteiger partial charge on any atom is 0.235 e. The van der Waals surface area contributed by atoms with E-state index in [2.05, 4.69) is 5.32 Å². The van der Waals surface area contributed by atoms with Crippen LogP contribution in [0.2, 0.25) is 5.02 Å². The summed E-state index contributed by atoms with van der Waals surface area (Å²) >= 11 is 11.4. The third-order valence-corrected chi connectivity index (χ3v) is 3.79. The van der Waals surface area contributed by atoms with Crippen molar-refractivity contribution >= 4 is 29.1 Å². The van der Waals surface area contributed by atoms with Gasteiger partial charge in [0.1, 0.15) is 5.88 Å². The van der Waals surface area contributed by atoms with Crippen LogP contribution in [-0.4, -0.2) is 17.3 Å². The number of alkyl halides is 1. The lowest BCUT2D eigenvalue weighted by atomic mass is 9.72. The van der Waals surface area contributed by atoms with E-state index in [4.69, 9.17) is 23.2 Å². The highest BCUT2D eigenvalue weighted by molar-refractivity contribution is 6.30. The Morgan fingerprint density at radius 1 is 1.29 bits per heavy atom. The van der Waals surface area contributed by atoms with Crippen LogP contribution in [-0.2, 0) is 11.2 Å². The molecule has 0 aromatic heterocycles. The van der Waals surface area contributed by atoms with E-state index in [1.165, 1.54) is 5.56 Å². The Morgan fingerprint density at radius 2 is 1.94 bits per heavy atom. The molecule has 17 heavy (non-hydrogen) atoms. The van der Waals surface area contributed by atoms with Crippen molar-refractivity contribution in [1.29, 1.82) is 0 Å². The van der Waals surface area contributed by atoms with E-state index in [0.29, 0.717) is 0 Å². The van der Waals surface area contributed by atoms with Crippen LogP contribution < -0.4 is 5.32 Å². The predicted octanol–water partition coefficient (Wildman–Crippen LogP) is 3.16. The molecule has 1 aromatic rings. The number of nitrogens with one attached hydrogen (secondary N) is 1. The van der Waals surface area contributed by atoms with Crippen LogP contribution in [0.5, 0.6) is 0 Å². The molecule has 1 amide bonds. The summed E-state index contributed by atoms with van der Waals surface area (Å²) in [5, 5.41) is 3.78. The highest BCUT2D eigenvalue weighted by Crippen LogP contribution is 2.35. The maximum absolute atomic E-state index is 11.4. The van der Waals surface area contributed by atoms with Gasteiger partial charge in [-0.15, -0.1) is 11.6 Å². The highest BCUT2D eigenvalue weighted by atomic mass is 35.5. The molecular formula is C13H15Cl2NO. The molecule has 0 aliphatic heterocycles.